The van der Waals surface area contributed by atoms with Gasteiger partial charge in [0.15, 0.2) is 0 Å². The highest BCUT2D eigenvalue weighted by molar-refractivity contribution is 8.00. The molecule has 0 spiro atoms. The third-order valence-corrected chi connectivity index (χ3v) is 5.50. The number of ether oxygens (including phenoxy) is 1. The third kappa shape index (κ3) is 6.02. The van der Waals surface area contributed by atoms with Gasteiger partial charge >= 0.3 is 0 Å². The first-order valence-corrected chi connectivity index (χ1v) is 10.3. The first-order chi connectivity index (χ1) is 13.5. The number of methoxy groups -OCH3 is 1. The second-order valence-electron chi connectivity index (χ2n) is 6.51. The third-order valence-electron chi connectivity index (χ3n) is 4.50. The van der Waals surface area contributed by atoms with Gasteiger partial charge in [0.25, 0.3) is 0 Å². The molecule has 0 aliphatic rings. The van der Waals surface area contributed by atoms with Crippen LogP contribution in [0.15, 0.2) is 53.4 Å². The van der Waals surface area contributed by atoms with Gasteiger partial charge in [0.2, 0.25) is 11.8 Å². The summed E-state index contributed by atoms with van der Waals surface area (Å²) in [6, 6.07) is 15.1. The van der Waals surface area contributed by atoms with E-state index in [1.807, 2.05) is 62.4 Å². The van der Waals surface area contributed by atoms with Crippen molar-refractivity contribution in [1.82, 2.24) is 10.2 Å². The summed E-state index contributed by atoms with van der Waals surface area (Å²) in [6.45, 7) is 4.31. The molecule has 2 aromatic carbocycles. The standard InChI is InChI=1S/C22H28N2O3S/c1-5-20(22(26)23-3)24(14-17-7-6-8-18(13-17)27-4)21(25)15-28-19-11-9-16(2)10-12-19/h6-13,20H,5,14-15H2,1-4H3,(H,23,26)/t20-/m0/s1. The molecule has 0 radical (unpaired) electrons. The minimum atomic E-state index is -0.512. The summed E-state index contributed by atoms with van der Waals surface area (Å²) in [5, 5.41) is 2.68. The van der Waals surface area contributed by atoms with Crippen molar-refractivity contribution in [2.45, 2.75) is 37.8 Å². The molecule has 2 aromatic rings. The highest BCUT2D eigenvalue weighted by Gasteiger charge is 2.28. The highest BCUT2D eigenvalue weighted by atomic mass is 32.2. The van der Waals surface area contributed by atoms with Crippen molar-refractivity contribution in [2.75, 3.05) is 19.9 Å². The number of nitrogens with zero attached hydrogens (tertiary/aromatic N) is 1. The van der Waals surface area contributed by atoms with Gasteiger partial charge in [-0.15, -0.1) is 11.8 Å². The lowest BCUT2D eigenvalue weighted by atomic mass is 10.1. The average Bonchev–Trinajstić information content (AvgIpc) is 2.72. The van der Waals surface area contributed by atoms with Gasteiger partial charge in [-0.2, -0.15) is 0 Å². The Hall–Kier alpha value is -2.47. The zero-order chi connectivity index (χ0) is 20.5. The van der Waals surface area contributed by atoms with Crippen LogP contribution in [-0.4, -0.2) is 42.7 Å². The van der Waals surface area contributed by atoms with E-state index in [2.05, 4.69) is 5.32 Å². The zero-order valence-corrected chi connectivity index (χ0v) is 17.7. The van der Waals surface area contributed by atoms with Crippen molar-refractivity contribution in [3.8, 4) is 5.75 Å². The lowest BCUT2D eigenvalue weighted by molar-refractivity contribution is -0.139. The Bertz CT molecular complexity index is 793. The molecule has 0 saturated carbocycles. The van der Waals surface area contributed by atoms with Crippen LogP contribution >= 0.6 is 11.8 Å². The molecule has 5 nitrogen and oxygen atoms in total. The quantitative estimate of drug-likeness (QED) is 0.653. The molecule has 0 fully saturated rings. The number of benzene rings is 2. The molecule has 0 heterocycles. The van der Waals surface area contributed by atoms with Crippen molar-refractivity contribution in [3.05, 3.63) is 59.7 Å². The minimum absolute atomic E-state index is 0.0659. The molecule has 1 atom stereocenters. The molecule has 0 aliphatic carbocycles. The lowest BCUT2D eigenvalue weighted by Gasteiger charge is -2.30. The van der Waals surface area contributed by atoms with Crippen LogP contribution in [0.3, 0.4) is 0 Å². The van der Waals surface area contributed by atoms with Gasteiger partial charge in [-0.3, -0.25) is 9.59 Å². The largest absolute Gasteiger partial charge is 0.497 e. The van der Waals surface area contributed by atoms with E-state index in [-0.39, 0.29) is 17.6 Å². The van der Waals surface area contributed by atoms with Crippen LogP contribution in [-0.2, 0) is 16.1 Å². The van der Waals surface area contributed by atoms with Gasteiger partial charge in [0.1, 0.15) is 11.8 Å². The molecule has 28 heavy (non-hydrogen) atoms. The van der Waals surface area contributed by atoms with Crippen molar-refractivity contribution in [1.29, 1.82) is 0 Å². The molecule has 1 N–H and O–H groups in total. The van der Waals surface area contributed by atoms with E-state index >= 15 is 0 Å². The van der Waals surface area contributed by atoms with Crippen molar-refractivity contribution < 1.29 is 14.3 Å². The summed E-state index contributed by atoms with van der Waals surface area (Å²) in [4.78, 5) is 28.1. The van der Waals surface area contributed by atoms with Crippen LogP contribution in [0.25, 0.3) is 0 Å². The molecule has 2 amide bonds. The number of rotatable bonds is 9. The van der Waals surface area contributed by atoms with Crippen molar-refractivity contribution in [2.24, 2.45) is 0 Å². The Morgan fingerprint density at radius 2 is 1.89 bits per heavy atom. The predicted octanol–water partition coefficient (Wildman–Crippen LogP) is 3.65. The Morgan fingerprint density at radius 1 is 1.18 bits per heavy atom. The number of thioether (sulfide) groups is 1. The van der Waals surface area contributed by atoms with Crippen LogP contribution in [0.5, 0.6) is 5.75 Å². The van der Waals surface area contributed by atoms with Crippen molar-refractivity contribution >= 4 is 23.6 Å². The molecule has 6 heteroatoms. The van der Waals surface area contributed by atoms with E-state index in [1.165, 1.54) is 17.3 Å². The van der Waals surface area contributed by atoms with Crippen molar-refractivity contribution in [3.63, 3.8) is 0 Å². The fraction of sp³-hybridized carbons (Fsp3) is 0.364. The van der Waals surface area contributed by atoms with Crippen LogP contribution < -0.4 is 10.1 Å². The SMILES string of the molecule is CC[C@@H](C(=O)NC)N(Cc1cccc(OC)c1)C(=O)CSc1ccc(C)cc1. The minimum Gasteiger partial charge on any atom is -0.497 e. The summed E-state index contributed by atoms with van der Waals surface area (Å²) in [6.07, 6.45) is 0.546. The Kier molecular flexibility index (Phi) is 8.39. The van der Waals surface area contributed by atoms with Crippen LogP contribution in [0.4, 0.5) is 0 Å². The summed E-state index contributed by atoms with van der Waals surface area (Å²) < 4.78 is 5.28. The number of hydrogen-bond acceptors (Lipinski definition) is 4. The fourth-order valence-electron chi connectivity index (χ4n) is 2.92. The Labute approximate surface area is 171 Å². The summed E-state index contributed by atoms with van der Waals surface area (Å²) in [5.74, 6) is 0.787. The molecular weight excluding hydrogens is 372 g/mol. The number of amides is 2. The maximum atomic E-state index is 13.1. The monoisotopic (exact) mass is 400 g/mol. The van der Waals surface area contributed by atoms with E-state index in [0.29, 0.717) is 13.0 Å². The highest BCUT2D eigenvalue weighted by Crippen LogP contribution is 2.22. The van der Waals surface area contributed by atoms with Gasteiger partial charge in [-0.1, -0.05) is 36.8 Å². The van der Waals surface area contributed by atoms with Gasteiger partial charge in [-0.05, 0) is 43.2 Å². The van der Waals surface area contributed by atoms with Gasteiger partial charge in [0, 0.05) is 18.5 Å². The Morgan fingerprint density at radius 3 is 2.50 bits per heavy atom. The molecule has 0 aromatic heterocycles. The van der Waals surface area contributed by atoms with E-state index in [9.17, 15) is 9.59 Å². The molecule has 0 aliphatic heterocycles. The van der Waals surface area contributed by atoms with Gasteiger partial charge in [-0.25, -0.2) is 0 Å². The van der Waals surface area contributed by atoms with Crippen LogP contribution in [0.2, 0.25) is 0 Å². The summed E-state index contributed by atoms with van der Waals surface area (Å²) in [5.41, 5.74) is 2.11. The maximum absolute atomic E-state index is 13.1. The number of likely N-dealkylation sites (N-methyl/N-ethyl adjacent to an activating group) is 1. The van der Waals surface area contributed by atoms with Crippen LogP contribution in [0.1, 0.15) is 24.5 Å². The maximum Gasteiger partial charge on any atom is 0.242 e. The first-order valence-electron chi connectivity index (χ1n) is 9.32. The second kappa shape index (κ2) is 10.8. The van der Waals surface area contributed by atoms with E-state index in [4.69, 9.17) is 4.74 Å². The zero-order valence-electron chi connectivity index (χ0n) is 16.9. The number of carbonyl (C=O) groups excluding carboxylic acids is 2. The Balaban J connectivity index is 2.19. The molecular formula is C22H28N2O3S. The van der Waals surface area contributed by atoms with Crippen LogP contribution in [0, 0.1) is 6.92 Å². The molecule has 0 bridgehead atoms. The summed E-state index contributed by atoms with van der Waals surface area (Å²) >= 11 is 1.48. The number of nitrogens with one attached hydrogen (secondary N) is 1. The van der Waals surface area contributed by atoms with E-state index in [1.54, 1.807) is 19.1 Å². The normalized spacial score (nSPS) is 11.6. The van der Waals surface area contributed by atoms with Gasteiger partial charge < -0.3 is 15.0 Å². The van der Waals surface area contributed by atoms with E-state index < -0.39 is 6.04 Å². The molecule has 0 saturated heterocycles. The first kappa shape index (κ1) is 21.8. The molecule has 150 valence electrons. The number of aryl methyl sites for hydroxylation is 1. The number of carbonyl (C=O) groups is 2. The molecule has 2 rings (SSSR count). The predicted molar refractivity (Wildman–Crippen MR) is 114 cm³/mol. The average molecular weight is 401 g/mol. The number of hydrogen-bond donors (Lipinski definition) is 1. The lowest BCUT2D eigenvalue weighted by Crippen LogP contribution is -2.48. The smallest absolute Gasteiger partial charge is 0.242 e. The topological polar surface area (TPSA) is 58.6 Å². The summed E-state index contributed by atoms with van der Waals surface area (Å²) in [7, 11) is 3.21. The fourth-order valence-corrected chi connectivity index (χ4v) is 3.70. The van der Waals surface area contributed by atoms with E-state index in [0.717, 1.165) is 16.2 Å². The molecule has 0 unspecified atom stereocenters. The van der Waals surface area contributed by atoms with Gasteiger partial charge in [0.05, 0.1) is 12.9 Å². The second-order valence-corrected chi connectivity index (χ2v) is 7.56.